The summed E-state index contributed by atoms with van der Waals surface area (Å²) in [5.74, 6) is -1.56. The molecule has 0 aliphatic heterocycles. The molecule has 1 amide bonds. The van der Waals surface area contributed by atoms with Gasteiger partial charge < -0.3 is 10.4 Å². The van der Waals surface area contributed by atoms with Gasteiger partial charge in [0.2, 0.25) is 0 Å². The maximum absolute atomic E-state index is 11.7. The van der Waals surface area contributed by atoms with Gasteiger partial charge in [0, 0.05) is 25.5 Å². The van der Waals surface area contributed by atoms with Crippen molar-refractivity contribution in [1.29, 1.82) is 0 Å². The fourth-order valence-corrected chi connectivity index (χ4v) is 1.52. The molecule has 8 nitrogen and oxygen atoms in total. The van der Waals surface area contributed by atoms with Gasteiger partial charge in [-0.25, -0.2) is 14.8 Å². The minimum atomic E-state index is -1.18. The summed E-state index contributed by atoms with van der Waals surface area (Å²) in [4.78, 5) is 29.7. The fraction of sp³-hybridized carbons (Fsp3) is 0.250. The van der Waals surface area contributed by atoms with Gasteiger partial charge in [0.15, 0.2) is 5.69 Å². The molecule has 2 aromatic heterocycles. The van der Waals surface area contributed by atoms with Crippen molar-refractivity contribution in [3.63, 3.8) is 0 Å². The molecule has 8 heteroatoms. The molecule has 0 fully saturated rings. The Labute approximate surface area is 114 Å². The summed E-state index contributed by atoms with van der Waals surface area (Å²) in [6.45, 7) is 1.18. The predicted molar refractivity (Wildman–Crippen MR) is 68.2 cm³/mol. The molecule has 2 heterocycles. The maximum atomic E-state index is 11.7. The fourth-order valence-electron chi connectivity index (χ4n) is 1.52. The summed E-state index contributed by atoms with van der Waals surface area (Å²) < 4.78 is 1.77. The summed E-state index contributed by atoms with van der Waals surface area (Å²) in [5, 5.41) is 15.4. The van der Waals surface area contributed by atoms with E-state index in [1.807, 2.05) is 12.3 Å². The molecule has 20 heavy (non-hydrogen) atoms. The van der Waals surface area contributed by atoms with Crippen LogP contribution in [0.25, 0.3) is 0 Å². The Bertz CT molecular complexity index is 580. The van der Waals surface area contributed by atoms with Crippen LogP contribution in [0, 0.1) is 0 Å². The van der Waals surface area contributed by atoms with Crippen LogP contribution in [0.4, 0.5) is 0 Å². The number of aromatic nitrogens is 4. The largest absolute Gasteiger partial charge is 0.476 e. The van der Waals surface area contributed by atoms with Crippen molar-refractivity contribution in [2.75, 3.05) is 6.54 Å². The normalized spacial score (nSPS) is 10.2. The molecule has 0 spiro atoms. The Morgan fingerprint density at radius 1 is 1.25 bits per heavy atom. The zero-order valence-electron chi connectivity index (χ0n) is 10.6. The Morgan fingerprint density at radius 2 is 2.00 bits per heavy atom. The van der Waals surface area contributed by atoms with Crippen molar-refractivity contribution >= 4 is 11.9 Å². The van der Waals surface area contributed by atoms with E-state index in [0.717, 1.165) is 18.8 Å². The number of amides is 1. The lowest BCUT2D eigenvalue weighted by molar-refractivity contribution is 0.0689. The third kappa shape index (κ3) is 3.61. The number of carboxylic acid groups (broad SMARTS) is 1. The van der Waals surface area contributed by atoms with Gasteiger partial charge in [0.05, 0.1) is 12.4 Å². The monoisotopic (exact) mass is 275 g/mol. The number of nitrogens with zero attached hydrogens (tertiary/aromatic N) is 4. The second-order valence-electron chi connectivity index (χ2n) is 3.97. The first kappa shape index (κ1) is 13.7. The van der Waals surface area contributed by atoms with Crippen LogP contribution in [0.1, 0.15) is 27.4 Å². The second kappa shape index (κ2) is 6.41. The van der Waals surface area contributed by atoms with Crippen LogP contribution in [-0.4, -0.2) is 43.3 Å². The van der Waals surface area contributed by atoms with E-state index < -0.39 is 5.97 Å². The third-order valence-electron chi connectivity index (χ3n) is 2.51. The molecule has 2 rings (SSSR count). The Hall–Kier alpha value is -2.77. The van der Waals surface area contributed by atoms with Gasteiger partial charge in [-0.1, -0.05) is 0 Å². The SMILES string of the molecule is O=C(O)c1cnc(C(=O)NCCCn2cccn2)cn1. The minimum Gasteiger partial charge on any atom is -0.476 e. The molecule has 0 saturated heterocycles. The van der Waals surface area contributed by atoms with Gasteiger partial charge in [-0.3, -0.25) is 9.48 Å². The molecular formula is C12H13N5O3. The molecule has 0 unspecified atom stereocenters. The van der Waals surface area contributed by atoms with Crippen molar-refractivity contribution in [3.8, 4) is 0 Å². The van der Waals surface area contributed by atoms with E-state index in [9.17, 15) is 9.59 Å². The van der Waals surface area contributed by atoms with Gasteiger partial charge >= 0.3 is 5.97 Å². The summed E-state index contributed by atoms with van der Waals surface area (Å²) in [6, 6.07) is 1.83. The van der Waals surface area contributed by atoms with Crippen LogP contribution in [0.2, 0.25) is 0 Å². The molecule has 0 aliphatic carbocycles. The highest BCUT2D eigenvalue weighted by molar-refractivity contribution is 5.92. The van der Waals surface area contributed by atoms with E-state index in [2.05, 4.69) is 20.4 Å². The van der Waals surface area contributed by atoms with Crippen LogP contribution in [0.15, 0.2) is 30.9 Å². The molecule has 0 bridgehead atoms. The van der Waals surface area contributed by atoms with Crippen LogP contribution in [0.3, 0.4) is 0 Å². The number of carbonyl (C=O) groups is 2. The van der Waals surface area contributed by atoms with Crippen LogP contribution in [-0.2, 0) is 6.54 Å². The topological polar surface area (TPSA) is 110 Å². The molecular weight excluding hydrogens is 262 g/mol. The number of aryl methyl sites for hydroxylation is 1. The number of hydrogen-bond donors (Lipinski definition) is 2. The highest BCUT2D eigenvalue weighted by Gasteiger charge is 2.10. The average Bonchev–Trinajstić information content (AvgIpc) is 2.96. The highest BCUT2D eigenvalue weighted by atomic mass is 16.4. The number of rotatable bonds is 6. The number of hydrogen-bond acceptors (Lipinski definition) is 5. The number of carbonyl (C=O) groups excluding carboxylic acids is 1. The van der Waals surface area contributed by atoms with Crippen LogP contribution in [0.5, 0.6) is 0 Å². The summed E-state index contributed by atoms with van der Waals surface area (Å²) in [5.41, 5.74) is -0.102. The predicted octanol–water partition coefficient (Wildman–Crippen LogP) is 0.191. The Morgan fingerprint density at radius 3 is 2.60 bits per heavy atom. The first-order chi connectivity index (χ1) is 9.66. The van der Waals surface area contributed by atoms with Crippen molar-refractivity contribution in [3.05, 3.63) is 42.2 Å². The van der Waals surface area contributed by atoms with Gasteiger partial charge in [0.1, 0.15) is 5.69 Å². The summed E-state index contributed by atoms with van der Waals surface area (Å²) >= 11 is 0. The summed E-state index contributed by atoms with van der Waals surface area (Å²) in [7, 11) is 0. The van der Waals surface area contributed by atoms with Gasteiger partial charge in [0.25, 0.3) is 5.91 Å². The number of nitrogens with one attached hydrogen (secondary N) is 1. The lowest BCUT2D eigenvalue weighted by Crippen LogP contribution is -2.26. The van der Waals surface area contributed by atoms with E-state index >= 15 is 0 Å². The lowest BCUT2D eigenvalue weighted by atomic mass is 10.3. The van der Waals surface area contributed by atoms with Gasteiger partial charge in [-0.15, -0.1) is 0 Å². The standard InChI is InChI=1S/C12H13N5O3/c18-11(9-7-15-10(8-14-9)12(19)20)13-3-1-5-17-6-2-4-16-17/h2,4,6-8H,1,3,5H2,(H,13,18)(H,19,20). The van der Waals surface area contributed by atoms with Crippen LogP contribution < -0.4 is 5.32 Å². The Kier molecular flexibility index (Phi) is 4.38. The first-order valence-corrected chi connectivity index (χ1v) is 5.98. The molecule has 2 N–H and O–H groups in total. The van der Waals surface area contributed by atoms with Crippen molar-refractivity contribution in [1.82, 2.24) is 25.1 Å². The third-order valence-corrected chi connectivity index (χ3v) is 2.51. The van der Waals surface area contributed by atoms with Crippen molar-refractivity contribution in [2.45, 2.75) is 13.0 Å². The number of aromatic carboxylic acids is 1. The van der Waals surface area contributed by atoms with Gasteiger partial charge in [-0.2, -0.15) is 5.10 Å². The molecule has 0 saturated carbocycles. The zero-order chi connectivity index (χ0) is 14.4. The second-order valence-corrected chi connectivity index (χ2v) is 3.97. The quantitative estimate of drug-likeness (QED) is 0.728. The Balaban J connectivity index is 1.78. The van der Waals surface area contributed by atoms with Gasteiger partial charge in [-0.05, 0) is 12.5 Å². The molecule has 2 aromatic rings. The first-order valence-electron chi connectivity index (χ1n) is 5.98. The highest BCUT2D eigenvalue weighted by Crippen LogP contribution is 1.96. The molecule has 0 aromatic carbocycles. The van der Waals surface area contributed by atoms with E-state index in [-0.39, 0.29) is 17.3 Å². The van der Waals surface area contributed by atoms with E-state index in [4.69, 9.17) is 5.11 Å². The number of carboxylic acids is 1. The van der Waals surface area contributed by atoms with Crippen molar-refractivity contribution in [2.24, 2.45) is 0 Å². The lowest BCUT2D eigenvalue weighted by Gasteiger charge is -2.04. The van der Waals surface area contributed by atoms with E-state index in [0.29, 0.717) is 13.1 Å². The molecule has 104 valence electrons. The average molecular weight is 275 g/mol. The molecule has 0 atom stereocenters. The van der Waals surface area contributed by atoms with E-state index in [1.54, 1.807) is 10.9 Å². The summed E-state index contributed by atoms with van der Waals surface area (Å²) in [6.07, 6.45) is 6.47. The van der Waals surface area contributed by atoms with E-state index in [1.165, 1.54) is 0 Å². The smallest absolute Gasteiger partial charge is 0.356 e. The van der Waals surface area contributed by atoms with Crippen LogP contribution >= 0.6 is 0 Å². The maximum Gasteiger partial charge on any atom is 0.356 e. The minimum absolute atomic E-state index is 0.0917. The zero-order valence-corrected chi connectivity index (χ0v) is 10.6. The molecule has 0 aliphatic rings. The van der Waals surface area contributed by atoms with Crippen molar-refractivity contribution < 1.29 is 14.7 Å². The molecule has 0 radical (unpaired) electrons.